The predicted molar refractivity (Wildman–Crippen MR) is 79.8 cm³/mol. The van der Waals surface area contributed by atoms with Crippen LogP contribution in [-0.2, 0) is 9.59 Å². The Morgan fingerprint density at radius 2 is 2.24 bits per heavy atom. The first-order chi connectivity index (χ1) is 9.79. The molecule has 1 aliphatic heterocycles. The summed E-state index contributed by atoms with van der Waals surface area (Å²) in [4.78, 5) is 34.4. The molecule has 1 aromatic carbocycles. The molecule has 1 heterocycles. The summed E-state index contributed by atoms with van der Waals surface area (Å²) in [5.41, 5.74) is -0.830. The number of amides is 1. The fourth-order valence-corrected chi connectivity index (χ4v) is 3.50. The molecule has 1 atom stereocenters. The summed E-state index contributed by atoms with van der Waals surface area (Å²) in [5, 5.41) is 10.6. The maximum absolute atomic E-state index is 14.1. The van der Waals surface area contributed by atoms with Gasteiger partial charge in [-0.1, -0.05) is 27.7 Å². The van der Waals surface area contributed by atoms with Crippen LogP contribution in [0.1, 0.15) is 13.3 Å². The second-order valence-electron chi connectivity index (χ2n) is 4.45. The molecule has 21 heavy (non-hydrogen) atoms. The second kappa shape index (κ2) is 6.10. The normalized spacial score (nSPS) is 18.1. The van der Waals surface area contributed by atoms with E-state index in [9.17, 15) is 24.1 Å². The fraction of sp³-hybridized carbons (Fsp3) is 0.333. The van der Waals surface area contributed by atoms with Crippen LogP contribution in [0.15, 0.2) is 16.6 Å². The van der Waals surface area contributed by atoms with Gasteiger partial charge in [0.25, 0.3) is 5.69 Å². The molecule has 0 N–H and O–H groups in total. The number of anilines is 1. The fourth-order valence-electron chi connectivity index (χ4n) is 2.16. The van der Waals surface area contributed by atoms with Gasteiger partial charge in [-0.3, -0.25) is 19.7 Å². The highest BCUT2D eigenvalue weighted by molar-refractivity contribution is 9.10. The molecule has 1 saturated heterocycles. The minimum Gasteiger partial charge on any atom is -0.303 e. The zero-order valence-corrected chi connectivity index (χ0v) is 13.2. The van der Waals surface area contributed by atoms with Crippen LogP contribution in [0, 0.1) is 15.9 Å². The number of rotatable bonds is 3. The van der Waals surface area contributed by atoms with Gasteiger partial charge < -0.3 is 4.90 Å². The third-order valence-corrected chi connectivity index (χ3v) is 4.34. The van der Waals surface area contributed by atoms with E-state index in [1.807, 2.05) is 0 Å². The van der Waals surface area contributed by atoms with Crippen molar-refractivity contribution in [1.29, 1.82) is 0 Å². The molecule has 1 amide bonds. The molecule has 1 aromatic rings. The summed E-state index contributed by atoms with van der Waals surface area (Å²) in [6.07, 6.45) is 0.0525. The van der Waals surface area contributed by atoms with E-state index >= 15 is 0 Å². The summed E-state index contributed by atoms with van der Waals surface area (Å²) >= 11 is 3.97. The van der Waals surface area contributed by atoms with Gasteiger partial charge in [-0.25, -0.2) is 4.39 Å². The van der Waals surface area contributed by atoms with E-state index in [1.165, 1.54) is 6.92 Å². The SMILES string of the molecule is CC(=O)SC1CC(=O)N(c2c(F)cc(Br)cc2[N+](=O)[O-])C1. The Kier molecular flexibility index (Phi) is 4.62. The highest BCUT2D eigenvalue weighted by Gasteiger charge is 2.37. The van der Waals surface area contributed by atoms with Crippen LogP contribution in [0.3, 0.4) is 0 Å². The Bertz CT molecular complexity index is 640. The molecular weight excluding hydrogens is 367 g/mol. The first-order valence-corrected chi connectivity index (χ1v) is 7.58. The number of nitrogens with zero attached hydrogens (tertiary/aromatic N) is 2. The highest BCUT2D eigenvalue weighted by Crippen LogP contribution is 2.38. The van der Waals surface area contributed by atoms with Crippen LogP contribution in [0.5, 0.6) is 0 Å². The van der Waals surface area contributed by atoms with Crippen molar-refractivity contribution in [3.05, 3.63) is 32.5 Å². The van der Waals surface area contributed by atoms with E-state index in [4.69, 9.17) is 0 Å². The van der Waals surface area contributed by atoms with Gasteiger partial charge in [0.2, 0.25) is 5.91 Å². The first-order valence-electron chi connectivity index (χ1n) is 5.90. The summed E-state index contributed by atoms with van der Waals surface area (Å²) < 4.78 is 14.3. The van der Waals surface area contributed by atoms with Crippen molar-refractivity contribution < 1.29 is 18.9 Å². The first kappa shape index (κ1) is 15.9. The molecule has 2 rings (SSSR count). The Labute approximate surface area is 132 Å². The number of hydrogen-bond acceptors (Lipinski definition) is 5. The molecular formula is C12H10BrFN2O4S. The van der Waals surface area contributed by atoms with Gasteiger partial charge in [-0.15, -0.1) is 0 Å². The van der Waals surface area contributed by atoms with Gasteiger partial charge in [0, 0.05) is 35.7 Å². The number of benzene rings is 1. The van der Waals surface area contributed by atoms with Crippen LogP contribution in [-0.4, -0.2) is 27.7 Å². The largest absolute Gasteiger partial charge is 0.303 e. The zero-order chi connectivity index (χ0) is 15.7. The van der Waals surface area contributed by atoms with Crippen LogP contribution in [0.25, 0.3) is 0 Å². The lowest BCUT2D eigenvalue weighted by Gasteiger charge is -2.17. The summed E-state index contributed by atoms with van der Waals surface area (Å²) in [6, 6.07) is 2.22. The second-order valence-corrected chi connectivity index (χ2v) is 6.85. The van der Waals surface area contributed by atoms with E-state index in [-0.39, 0.29) is 33.5 Å². The lowest BCUT2D eigenvalue weighted by atomic mass is 10.2. The van der Waals surface area contributed by atoms with E-state index in [1.54, 1.807) is 0 Å². The van der Waals surface area contributed by atoms with E-state index < -0.39 is 22.3 Å². The van der Waals surface area contributed by atoms with Gasteiger partial charge in [-0.05, 0) is 6.07 Å². The topological polar surface area (TPSA) is 80.5 Å². The van der Waals surface area contributed by atoms with Gasteiger partial charge >= 0.3 is 0 Å². The Morgan fingerprint density at radius 1 is 1.57 bits per heavy atom. The molecule has 0 bridgehead atoms. The quantitative estimate of drug-likeness (QED) is 0.598. The number of carbonyl (C=O) groups is 2. The third-order valence-electron chi connectivity index (χ3n) is 2.90. The van der Waals surface area contributed by atoms with E-state index in [0.717, 1.165) is 28.8 Å². The zero-order valence-electron chi connectivity index (χ0n) is 10.8. The summed E-state index contributed by atoms with van der Waals surface area (Å²) in [6.45, 7) is 1.45. The molecule has 0 spiro atoms. The van der Waals surface area contributed by atoms with Crippen molar-refractivity contribution >= 4 is 50.1 Å². The molecule has 1 unspecified atom stereocenters. The van der Waals surface area contributed by atoms with Crippen molar-refractivity contribution in [1.82, 2.24) is 0 Å². The average Bonchev–Trinajstić information content (AvgIpc) is 2.67. The van der Waals surface area contributed by atoms with Crippen molar-refractivity contribution in [3.8, 4) is 0 Å². The van der Waals surface area contributed by atoms with Crippen molar-refractivity contribution in [3.63, 3.8) is 0 Å². The smallest absolute Gasteiger partial charge is 0.297 e. The molecule has 0 aliphatic carbocycles. The van der Waals surface area contributed by atoms with Crippen LogP contribution in [0.2, 0.25) is 0 Å². The van der Waals surface area contributed by atoms with E-state index in [0.29, 0.717) is 0 Å². The Morgan fingerprint density at radius 3 is 2.81 bits per heavy atom. The molecule has 0 aromatic heterocycles. The number of carbonyl (C=O) groups excluding carboxylic acids is 2. The third kappa shape index (κ3) is 3.41. The van der Waals surface area contributed by atoms with Crippen molar-refractivity contribution in [2.24, 2.45) is 0 Å². The minimum atomic E-state index is -0.849. The van der Waals surface area contributed by atoms with Crippen molar-refractivity contribution in [2.75, 3.05) is 11.4 Å². The Hall–Kier alpha value is -1.48. The maximum atomic E-state index is 14.1. The average molecular weight is 377 g/mol. The monoisotopic (exact) mass is 376 g/mol. The van der Waals surface area contributed by atoms with Crippen LogP contribution < -0.4 is 4.90 Å². The van der Waals surface area contributed by atoms with Gasteiger partial charge in [-0.2, -0.15) is 0 Å². The molecule has 9 heteroatoms. The van der Waals surface area contributed by atoms with Gasteiger partial charge in [0.1, 0.15) is 0 Å². The molecule has 112 valence electrons. The number of nitro benzene ring substituents is 1. The molecule has 0 radical (unpaired) electrons. The Balaban J connectivity index is 2.40. The molecule has 1 aliphatic rings. The lowest BCUT2D eigenvalue weighted by molar-refractivity contribution is -0.384. The van der Waals surface area contributed by atoms with Crippen LogP contribution >= 0.6 is 27.7 Å². The predicted octanol–water partition coefficient (Wildman–Crippen LogP) is 2.88. The number of nitro groups is 1. The minimum absolute atomic E-state index is 0.0525. The van der Waals surface area contributed by atoms with Gasteiger partial charge in [0.15, 0.2) is 16.6 Å². The molecule has 0 saturated carbocycles. The number of thioether (sulfide) groups is 1. The van der Waals surface area contributed by atoms with Crippen molar-refractivity contribution in [2.45, 2.75) is 18.6 Å². The van der Waals surface area contributed by atoms with Gasteiger partial charge in [0.05, 0.1) is 4.92 Å². The molecule has 6 nitrogen and oxygen atoms in total. The highest BCUT2D eigenvalue weighted by atomic mass is 79.9. The summed E-state index contributed by atoms with van der Waals surface area (Å²) in [7, 11) is 0. The number of hydrogen-bond donors (Lipinski definition) is 0. The standard InChI is InChI=1S/C12H10BrFN2O4S/c1-6(17)21-8-4-11(18)15(5-8)12-9(14)2-7(13)3-10(12)16(19)20/h2-3,8H,4-5H2,1H3. The lowest BCUT2D eigenvalue weighted by Crippen LogP contribution is -2.27. The van der Waals surface area contributed by atoms with Crippen LogP contribution in [0.4, 0.5) is 15.8 Å². The number of halogens is 2. The molecule has 1 fully saturated rings. The van der Waals surface area contributed by atoms with E-state index in [2.05, 4.69) is 15.9 Å². The summed E-state index contributed by atoms with van der Waals surface area (Å²) in [5.74, 6) is -1.28. The maximum Gasteiger partial charge on any atom is 0.297 e.